The third-order valence-corrected chi connectivity index (χ3v) is 6.23. The van der Waals surface area contributed by atoms with E-state index in [0.717, 1.165) is 40.1 Å². The third-order valence-electron chi connectivity index (χ3n) is 5.11. The molecule has 0 fully saturated rings. The standard InChI is InChI=1S/C24H18BrClN4/c25-22-20-12-14-28-24(30(20)23-21(22)19(26)11-13-27-23)29(15-17-7-3-1-4-8-17)16-18-9-5-2-6-10-18/h1-14H,15-16H2. The van der Waals surface area contributed by atoms with Gasteiger partial charge in [-0.15, -0.1) is 0 Å². The molecule has 6 heteroatoms. The van der Waals surface area contributed by atoms with Crippen molar-refractivity contribution in [2.75, 3.05) is 4.90 Å². The largest absolute Gasteiger partial charge is 0.333 e. The molecule has 0 amide bonds. The fourth-order valence-corrected chi connectivity index (χ4v) is 4.80. The van der Waals surface area contributed by atoms with Crippen LogP contribution in [0, 0.1) is 0 Å². The summed E-state index contributed by atoms with van der Waals surface area (Å²) in [5.41, 5.74) is 4.21. The van der Waals surface area contributed by atoms with Crippen LogP contribution >= 0.6 is 27.5 Å². The Labute approximate surface area is 187 Å². The molecule has 2 aromatic carbocycles. The molecule has 0 N–H and O–H groups in total. The van der Waals surface area contributed by atoms with Gasteiger partial charge in [-0.3, -0.25) is 4.40 Å². The van der Waals surface area contributed by atoms with Crippen molar-refractivity contribution in [3.8, 4) is 0 Å². The maximum absolute atomic E-state index is 6.51. The van der Waals surface area contributed by atoms with E-state index in [1.807, 2.05) is 30.5 Å². The van der Waals surface area contributed by atoms with Crippen LogP contribution in [0.3, 0.4) is 0 Å². The van der Waals surface area contributed by atoms with Crippen LogP contribution in [0.2, 0.25) is 5.02 Å². The van der Waals surface area contributed by atoms with Crippen molar-refractivity contribution < 1.29 is 0 Å². The predicted octanol–water partition coefficient (Wildman–Crippen LogP) is 6.51. The van der Waals surface area contributed by atoms with Crippen LogP contribution in [0.5, 0.6) is 0 Å². The van der Waals surface area contributed by atoms with Gasteiger partial charge in [-0.2, -0.15) is 0 Å². The van der Waals surface area contributed by atoms with Crippen LogP contribution in [0.25, 0.3) is 16.6 Å². The molecular weight excluding hydrogens is 460 g/mol. The number of benzene rings is 2. The monoisotopic (exact) mass is 476 g/mol. The van der Waals surface area contributed by atoms with E-state index in [9.17, 15) is 0 Å². The smallest absolute Gasteiger partial charge is 0.212 e. The summed E-state index contributed by atoms with van der Waals surface area (Å²) in [6.07, 6.45) is 3.57. The molecule has 0 saturated carbocycles. The van der Waals surface area contributed by atoms with Crippen LogP contribution in [-0.2, 0) is 13.1 Å². The molecule has 148 valence electrons. The average molecular weight is 478 g/mol. The molecule has 30 heavy (non-hydrogen) atoms. The second kappa shape index (κ2) is 8.09. The van der Waals surface area contributed by atoms with Gasteiger partial charge in [-0.25, -0.2) is 9.97 Å². The first-order valence-electron chi connectivity index (χ1n) is 9.64. The van der Waals surface area contributed by atoms with E-state index in [-0.39, 0.29) is 0 Å². The van der Waals surface area contributed by atoms with E-state index in [1.165, 1.54) is 11.1 Å². The minimum absolute atomic E-state index is 0.666. The Kier molecular flexibility index (Phi) is 5.15. The lowest BCUT2D eigenvalue weighted by Gasteiger charge is -2.25. The van der Waals surface area contributed by atoms with Crippen molar-refractivity contribution in [3.05, 3.63) is 106 Å². The minimum Gasteiger partial charge on any atom is -0.333 e. The van der Waals surface area contributed by atoms with Crippen molar-refractivity contribution in [1.29, 1.82) is 0 Å². The van der Waals surface area contributed by atoms with E-state index < -0.39 is 0 Å². The summed E-state index contributed by atoms with van der Waals surface area (Å²) in [5, 5.41) is 1.56. The third kappa shape index (κ3) is 3.44. The van der Waals surface area contributed by atoms with E-state index in [0.29, 0.717) is 5.02 Å². The molecular formula is C24H18BrClN4. The van der Waals surface area contributed by atoms with Crippen LogP contribution in [-0.4, -0.2) is 14.4 Å². The maximum atomic E-state index is 6.51. The van der Waals surface area contributed by atoms with Crippen molar-refractivity contribution in [3.63, 3.8) is 0 Å². The summed E-state index contributed by atoms with van der Waals surface area (Å²) in [6.45, 7) is 1.44. The fourth-order valence-electron chi connectivity index (χ4n) is 3.75. The molecule has 0 aliphatic carbocycles. The van der Waals surface area contributed by atoms with Gasteiger partial charge in [0.2, 0.25) is 5.95 Å². The van der Waals surface area contributed by atoms with Crippen molar-refractivity contribution >= 4 is 50.0 Å². The highest BCUT2D eigenvalue weighted by molar-refractivity contribution is 9.10. The Bertz CT molecular complexity index is 1280. The van der Waals surface area contributed by atoms with Gasteiger partial charge >= 0.3 is 0 Å². The Morgan fingerprint density at radius 3 is 2.03 bits per heavy atom. The minimum atomic E-state index is 0.666. The molecule has 3 heterocycles. The number of hydrogen-bond donors (Lipinski definition) is 0. The highest BCUT2D eigenvalue weighted by Crippen LogP contribution is 2.37. The fraction of sp³-hybridized carbons (Fsp3) is 0.0833. The van der Waals surface area contributed by atoms with Gasteiger partial charge in [-0.1, -0.05) is 72.3 Å². The molecule has 0 bridgehead atoms. The summed E-state index contributed by atoms with van der Waals surface area (Å²) in [4.78, 5) is 11.7. The van der Waals surface area contributed by atoms with Crippen LogP contribution in [0.1, 0.15) is 11.1 Å². The quantitative estimate of drug-likeness (QED) is 0.289. The first-order chi connectivity index (χ1) is 14.7. The van der Waals surface area contributed by atoms with E-state index in [2.05, 4.69) is 78.7 Å². The molecule has 0 spiro atoms. The van der Waals surface area contributed by atoms with Crippen LogP contribution < -0.4 is 4.90 Å². The summed E-state index contributed by atoms with van der Waals surface area (Å²) in [5.74, 6) is 0.825. The molecule has 5 rings (SSSR count). The molecule has 0 saturated heterocycles. The number of halogens is 2. The zero-order chi connectivity index (χ0) is 20.5. The summed E-state index contributed by atoms with van der Waals surface area (Å²) < 4.78 is 3.01. The SMILES string of the molecule is Clc1ccnc2c1c(Br)c1ccnc(N(Cc3ccccc3)Cc3ccccc3)n12. The number of pyridine rings is 1. The summed E-state index contributed by atoms with van der Waals surface area (Å²) in [6, 6.07) is 24.7. The molecule has 0 radical (unpaired) electrons. The lowest BCUT2D eigenvalue weighted by atomic mass is 10.2. The Morgan fingerprint density at radius 1 is 0.800 bits per heavy atom. The van der Waals surface area contributed by atoms with Crippen molar-refractivity contribution in [2.45, 2.75) is 13.1 Å². The molecule has 3 aromatic heterocycles. The van der Waals surface area contributed by atoms with E-state index >= 15 is 0 Å². The van der Waals surface area contributed by atoms with Gasteiger partial charge < -0.3 is 4.90 Å². The Morgan fingerprint density at radius 2 is 1.40 bits per heavy atom. The number of fused-ring (bicyclic) bond motifs is 3. The van der Waals surface area contributed by atoms with Gasteiger partial charge in [0.25, 0.3) is 0 Å². The molecule has 5 aromatic rings. The summed E-state index contributed by atoms with van der Waals surface area (Å²) >= 11 is 10.2. The van der Waals surface area contributed by atoms with Gasteiger partial charge in [0.15, 0.2) is 0 Å². The number of nitrogens with zero attached hydrogens (tertiary/aromatic N) is 4. The molecule has 0 atom stereocenters. The van der Waals surface area contributed by atoms with Gasteiger partial charge in [0.1, 0.15) is 5.65 Å². The number of rotatable bonds is 5. The highest BCUT2D eigenvalue weighted by atomic mass is 79.9. The topological polar surface area (TPSA) is 33.4 Å². The zero-order valence-electron chi connectivity index (χ0n) is 16.0. The lowest BCUT2D eigenvalue weighted by Crippen LogP contribution is -2.25. The van der Waals surface area contributed by atoms with Crippen molar-refractivity contribution in [2.24, 2.45) is 0 Å². The van der Waals surface area contributed by atoms with Gasteiger partial charge in [0.05, 0.1) is 20.4 Å². The van der Waals surface area contributed by atoms with Gasteiger partial charge in [0, 0.05) is 25.5 Å². The van der Waals surface area contributed by atoms with Crippen LogP contribution in [0.15, 0.2) is 89.7 Å². The summed E-state index contributed by atoms with van der Waals surface area (Å²) in [7, 11) is 0. The number of anilines is 1. The molecule has 4 nitrogen and oxygen atoms in total. The molecule has 0 aliphatic heterocycles. The molecule has 0 aliphatic rings. The van der Waals surface area contributed by atoms with Crippen LogP contribution in [0.4, 0.5) is 5.95 Å². The second-order valence-electron chi connectivity index (χ2n) is 7.10. The Hall–Kier alpha value is -2.89. The normalized spacial score (nSPS) is 11.3. The average Bonchev–Trinajstić information content (AvgIpc) is 3.08. The Balaban J connectivity index is 1.71. The first kappa shape index (κ1) is 19.1. The first-order valence-corrected chi connectivity index (χ1v) is 10.8. The van der Waals surface area contributed by atoms with Crippen molar-refractivity contribution in [1.82, 2.24) is 14.4 Å². The lowest BCUT2D eigenvalue weighted by molar-refractivity contribution is 0.757. The number of hydrogen-bond acceptors (Lipinski definition) is 3. The van der Waals surface area contributed by atoms with Gasteiger partial charge in [-0.05, 0) is 39.2 Å². The predicted molar refractivity (Wildman–Crippen MR) is 126 cm³/mol. The zero-order valence-corrected chi connectivity index (χ0v) is 18.4. The molecule has 0 unspecified atom stereocenters. The second-order valence-corrected chi connectivity index (χ2v) is 8.30. The van der Waals surface area contributed by atoms with E-state index in [4.69, 9.17) is 16.6 Å². The van der Waals surface area contributed by atoms with E-state index in [1.54, 1.807) is 6.20 Å². The highest BCUT2D eigenvalue weighted by Gasteiger charge is 2.20. The maximum Gasteiger partial charge on any atom is 0.212 e. The number of aromatic nitrogens is 3.